The van der Waals surface area contributed by atoms with E-state index >= 15 is 0 Å². The molecule has 3 nitrogen and oxygen atoms in total. The van der Waals surface area contributed by atoms with E-state index in [1.807, 2.05) is 49.8 Å². The van der Waals surface area contributed by atoms with E-state index in [1.54, 1.807) is 9.80 Å². The molecule has 15 heavy (non-hydrogen) atoms. The molecule has 0 saturated carbocycles. The second kappa shape index (κ2) is 4.36. The van der Waals surface area contributed by atoms with Crippen LogP contribution < -0.4 is 5.11 Å². The van der Waals surface area contributed by atoms with Crippen LogP contribution in [0.15, 0.2) is 42.7 Å². The lowest BCUT2D eigenvalue weighted by molar-refractivity contribution is -0.427. The van der Waals surface area contributed by atoms with Crippen LogP contribution in [-0.2, 0) is 0 Å². The third-order valence-electron chi connectivity index (χ3n) is 2.29. The maximum absolute atomic E-state index is 11.9. The van der Waals surface area contributed by atoms with Crippen molar-refractivity contribution < 1.29 is 5.11 Å². The summed E-state index contributed by atoms with van der Waals surface area (Å²) < 4.78 is 0. The zero-order chi connectivity index (χ0) is 10.7. The van der Waals surface area contributed by atoms with Crippen LogP contribution >= 0.6 is 0 Å². The number of rotatable bonds is 3. The molecule has 0 N–H and O–H groups in total. The summed E-state index contributed by atoms with van der Waals surface area (Å²) in [5.41, 5.74) is 0.822. The van der Waals surface area contributed by atoms with Crippen molar-refractivity contribution in [3.05, 3.63) is 55.0 Å². The van der Waals surface area contributed by atoms with E-state index in [1.165, 1.54) is 0 Å². The van der Waals surface area contributed by atoms with Crippen molar-refractivity contribution in [3.8, 4) is 0 Å². The Morgan fingerprint density at radius 3 is 2.60 bits per heavy atom. The lowest BCUT2D eigenvalue weighted by atomic mass is 10.1. The Balaban J connectivity index is 1.93. The highest BCUT2D eigenvalue weighted by Gasteiger charge is 2.11. The minimum absolute atomic E-state index is 0.421. The van der Waals surface area contributed by atoms with Crippen molar-refractivity contribution in [2.45, 2.75) is 6.10 Å². The van der Waals surface area contributed by atoms with Gasteiger partial charge in [-0.3, -0.25) is 0 Å². The summed E-state index contributed by atoms with van der Waals surface area (Å²) in [5, 5.41) is 11.9. The molecule has 1 aromatic rings. The van der Waals surface area contributed by atoms with Crippen molar-refractivity contribution in [2.75, 3.05) is 13.6 Å². The van der Waals surface area contributed by atoms with Gasteiger partial charge in [-0.15, -0.1) is 0 Å². The van der Waals surface area contributed by atoms with E-state index in [0.29, 0.717) is 6.54 Å². The fraction of sp³-hybridized carbons (Fsp3) is 0.250. The van der Waals surface area contributed by atoms with Gasteiger partial charge in [0, 0.05) is 26.0 Å². The molecule has 0 aliphatic carbocycles. The number of hydrogen-bond donors (Lipinski definition) is 0. The molecule has 1 aromatic carbocycles. The van der Waals surface area contributed by atoms with Crippen LogP contribution in [0.25, 0.3) is 0 Å². The van der Waals surface area contributed by atoms with Crippen LogP contribution in [0.3, 0.4) is 0 Å². The van der Waals surface area contributed by atoms with Gasteiger partial charge in [0.1, 0.15) is 0 Å². The predicted molar refractivity (Wildman–Crippen MR) is 56.0 cm³/mol. The van der Waals surface area contributed by atoms with E-state index in [0.717, 1.165) is 5.56 Å². The number of hydrogen-bond acceptors (Lipinski definition) is 3. The van der Waals surface area contributed by atoms with Crippen LogP contribution in [0.1, 0.15) is 11.7 Å². The third kappa shape index (κ3) is 2.50. The molecule has 2 rings (SSSR count). The Morgan fingerprint density at radius 2 is 2.00 bits per heavy atom. The summed E-state index contributed by atoms with van der Waals surface area (Å²) in [4.78, 5) is 3.59. The molecule has 0 bridgehead atoms. The Kier molecular flexibility index (Phi) is 2.92. The van der Waals surface area contributed by atoms with Crippen molar-refractivity contribution in [2.24, 2.45) is 0 Å². The topological polar surface area (TPSA) is 29.5 Å². The average molecular weight is 201 g/mol. The number of benzene rings is 1. The van der Waals surface area contributed by atoms with E-state index in [9.17, 15) is 5.11 Å². The molecule has 0 spiro atoms. The minimum Gasteiger partial charge on any atom is -0.847 e. The summed E-state index contributed by atoms with van der Waals surface area (Å²) in [6, 6.07) is 9.42. The summed E-state index contributed by atoms with van der Waals surface area (Å²) in [6.45, 7) is 3.43. The molecule has 0 amide bonds. The van der Waals surface area contributed by atoms with Crippen molar-refractivity contribution in [1.29, 1.82) is 0 Å². The first-order valence-corrected chi connectivity index (χ1v) is 4.90. The normalized spacial score (nSPS) is 17.2. The van der Waals surface area contributed by atoms with Gasteiger partial charge in [-0.05, 0) is 0 Å². The molecule has 1 atom stereocenters. The van der Waals surface area contributed by atoms with E-state index in [-0.39, 0.29) is 0 Å². The molecule has 1 aliphatic rings. The molecule has 1 heterocycles. The maximum Gasteiger partial charge on any atom is 0.207 e. The quantitative estimate of drug-likeness (QED) is 0.724. The molecular formula is C12H13N2O-. The Morgan fingerprint density at radius 1 is 1.27 bits per heavy atom. The molecule has 0 saturated heterocycles. The summed E-state index contributed by atoms with van der Waals surface area (Å²) >= 11 is 0. The second-order valence-electron chi connectivity index (χ2n) is 3.56. The van der Waals surface area contributed by atoms with Crippen LogP contribution in [0.5, 0.6) is 0 Å². The fourth-order valence-electron chi connectivity index (χ4n) is 1.50. The van der Waals surface area contributed by atoms with E-state index in [4.69, 9.17) is 0 Å². The lowest BCUT2D eigenvalue weighted by Crippen LogP contribution is -2.29. The first-order valence-electron chi connectivity index (χ1n) is 4.90. The van der Waals surface area contributed by atoms with Gasteiger partial charge in [-0.2, -0.15) is 0 Å². The van der Waals surface area contributed by atoms with Crippen LogP contribution in [0.4, 0.5) is 0 Å². The van der Waals surface area contributed by atoms with E-state index in [2.05, 4.69) is 6.67 Å². The van der Waals surface area contributed by atoms with Crippen LogP contribution in [0.2, 0.25) is 0 Å². The van der Waals surface area contributed by atoms with Gasteiger partial charge in [0.15, 0.2) is 0 Å². The monoisotopic (exact) mass is 201 g/mol. The van der Waals surface area contributed by atoms with E-state index < -0.39 is 6.10 Å². The first kappa shape index (κ1) is 10.1. The highest BCUT2D eigenvalue weighted by Crippen LogP contribution is 2.15. The molecule has 78 valence electrons. The molecule has 0 aromatic heterocycles. The largest absolute Gasteiger partial charge is 0.847 e. The van der Waals surface area contributed by atoms with Crippen molar-refractivity contribution in [1.82, 2.24) is 9.80 Å². The summed E-state index contributed by atoms with van der Waals surface area (Å²) in [6.07, 6.45) is 3.00. The minimum atomic E-state index is -0.727. The standard InChI is InChI=1S/C12H13N2O/c1-13-7-8-14(10-13)9-12(15)11-5-3-2-4-6-11/h2-8,12H,9H2,1H3/q-1. The molecule has 1 unspecified atom stereocenters. The first-order chi connectivity index (χ1) is 7.25. The maximum atomic E-state index is 11.9. The predicted octanol–water partition coefficient (Wildman–Crippen LogP) is 0.803. The summed E-state index contributed by atoms with van der Waals surface area (Å²) in [5.74, 6) is 0. The highest BCUT2D eigenvalue weighted by molar-refractivity contribution is 5.17. The van der Waals surface area contributed by atoms with Gasteiger partial charge in [-0.1, -0.05) is 42.0 Å². The van der Waals surface area contributed by atoms with Crippen LogP contribution in [0, 0.1) is 6.67 Å². The second-order valence-corrected chi connectivity index (χ2v) is 3.56. The molecule has 0 fully saturated rings. The highest BCUT2D eigenvalue weighted by atomic mass is 16.3. The zero-order valence-electron chi connectivity index (χ0n) is 8.63. The van der Waals surface area contributed by atoms with Gasteiger partial charge in [0.25, 0.3) is 0 Å². The Labute approximate surface area is 90.2 Å². The zero-order valence-corrected chi connectivity index (χ0v) is 8.63. The van der Waals surface area contributed by atoms with Gasteiger partial charge in [-0.25, -0.2) is 0 Å². The fourth-order valence-corrected chi connectivity index (χ4v) is 1.50. The number of nitrogens with zero attached hydrogens (tertiary/aromatic N) is 2. The Hall–Kier alpha value is -1.48. The SMILES string of the molecule is CN1[C]N(CC([O-])c2ccccc2)C=C1. The lowest BCUT2D eigenvalue weighted by Gasteiger charge is -2.28. The van der Waals surface area contributed by atoms with Crippen LogP contribution in [-0.4, -0.2) is 23.4 Å². The molecular weight excluding hydrogens is 188 g/mol. The smallest absolute Gasteiger partial charge is 0.207 e. The van der Waals surface area contributed by atoms with Gasteiger partial charge < -0.3 is 14.9 Å². The van der Waals surface area contributed by atoms with Crippen molar-refractivity contribution >= 4 is 0 Å². The molecule has 1 aliphatic heterocycles. The van der Waals surface area contributed by atoms with Gasteiger partial charge >= 0.3 is 0 Å². The Bertz CT molecular complexity index is 337. The van der Waals surface area contributed by atoms with Gasteiger partial charge in [0.05, 0.1) is 0 Å². The molecule has 3 heteroatoms. The summed E-state index contributed by atoms with van der Waals surface area (Å²) in [7, 11) is 1.89. The average Bonchev–Trinajstić information content (AvgIpc) is 2.65. The molecule has 2 radical (unpaired) electrons. The van der Waals surface area contributed by atoms with Gasteiger partial charge in [0.2, 0.25) is 6.67 Å². The third-order valence-corrected chi connectivity index (χ3v) is 2.29. The van der Waals surface area contributed by atoms with Crippen molar-refractivity contribution in [3.63, 3.8) is 0 Å².